The Balaban J connectivity index is 2.73. The van der Waals surface area contributed by atoms with Crippen LogP contribution < -0.4 is 0 Å². The smallest absolute Gasteiger partial charge is 0.292 e. The number of carbonyl (C=O) groups excluding carboxylic acids is 1. The van der Waals surface area contributed by atoms with Crippen LogP contribution in [0, 0.1) is 0 Å². The van der Waals surface area contributed by atoms with Crippen molar-refractivity contribution in [1.82, 2.24) is 0 Å². The highest BCUT2D eigenvalue weighted by molar-refractivity contribution is 7.98. The van der Waals surface area contributed by atoms with Crippen LogP contribution in [0.15, 0.2) is 29.2 Å². The lowest BCUT2D eigenvalue weighted by molar-refractivity contribution is -0.301. The van der Waals surface area contributed by atoms with Gasteiger partial charge in [0.2, 0.25) is 0 Å². The number of thioether (sulfide) groups is 1. The van der Waals surface area contributed by atoms with E-state index in [1.54, 1.807) is 12.1 Å². The van der Waals surface area contributed by atoms with Gasteiger partial charge in [0.05, 0.1) is 5.56 Å². The van der Waals surface area contributed by atoms with E-state index in [-0.39, 0.29) is 0 Å². The van der Waals surface area contributed by atoms with Gasteiger partial charge in [0.25, 0.3) is 0 Å². The Morgan fingerprint density at radius 1 is 1.25 bits per heavy atom. The number of hydrogen-bond acceptors (Lipinski definition) is 4. The molecule has 0 heterocycles. The Hall–Kier alpha value is -1.00. The Morgan fingerprint density at radius 3 is 2.44 bits per heavy atom. The zero-order valence-corrected chi connectivity index (χ0v) is 10.8. The van der Waals surface area contributed by atoms with E-state index in [1.807, 2.05) is 39.2 Å². The third-order valence-corrected chi connectivity index (χ3v) is 2.49. The summed E-state index contributed by atoms with van der Waals surface area (Å²) in [6.45, 7) is 5.46. The van der Waals surface area contributed by atoms with Gasteiger partial charge in [-0.3, -0.25) is 4.89 Å². The molecule has 0 aliphatic rings. The number of hydrogen-bond donors (Lipinski definition) is 0. The molecule has 0 bridgehead atoms. The Bertz CT molecular complexity index is 369. The minimum Gasteiger partial charge on any atom is -0.292 e. The van der Waals surface area contributed by atoms with Crippen molar-refractivity contribution in [2.75, 3.05) is 6.26 Å². The van der Waals surface area contributed by atoms with Gasteiger partial charge in [-0.15, -0.1) is 11.8 Å². The lowest BCUT2D eigenvalue weighted by Gasteiger charge is -2.17. The maximum absolute atomic E-state index is 11.7. The number of rotatable bonds is 3. The predicted octanol–water partition coefficient (Wildman–Crippen LogP) is 3.30. The largest absolute Gasteiger partial charge is 0.374 e. The zero-order valence-electron chi connectivity index (χ0n) is 9.94. The third kappa shape index (κ3) is 3.87. The molecule has 1 aromatic rings. The number of benzene rings is 1. The van der Waals surface area contributed by atoms with Crippen molar-refractivity contribution in [3.63, 3.8) is 0 Å². The summed E-state index contributed by atoms with van der Waals surface area (Å²) in [5.74, 6) is -0.458. The first-order valence-corrected chi connectivity index (χ1v) is 6.19. The molecule has 0 aliphatic heterocycles. The third-order valence-electron chi connectivity index (χ3n) is 1.69. The lowest BCUT2D eigenvalue weighted by atomic mass is 10.2. The first kappa shape index (κ1) is 13.1. The Morgan fingerprint density at radius 2 is 1.88 bits per heavy atom. The van der Waals surface area contributed by atoms with E-state index in [0.29, 0.717) is 5.56 Å². The number of carbonyl (C=O) groups is 1. The second-order valence-corrected chi connectivity index (χ2v) is 5.11. The fourth-order valence-corrected chi connectivity index (χ4v) is 1.61. The van der Waals surface area contributed by atoms with Gasteiger partial charge in [-0.1, -0.05) is 12.1 Å². The van der Waals surface area contributed by atoms with Gasteiger partial charge >= 0.3 is 5.97 Å². The van der Waals surface area contributed by atoms with E-state index in [1.165, 1.54) is 11.8 Å². The lowest BCUT2D eigenvalue weighted by Crippen LogP contribution is -2.22. The predicted molar refractivity (Wildman–Crippen MR) is 64.5 cm³/mol. The molecule has 1 rings (SSSR count). The summed E-state index contributed by atoms with van der Waals surface area (Å²) in [6, 6.07) is 7.28. The normalized spacial score (nSPS) is 11.2. The fraction of sp³-hybridized carbons (Fsp3) is 0.417. The van der Waals surface area contributed by atoms with Crippen LogP contribution in [0.25, 0.3) is 0 Å². The maximum Gasteiger partial charge on any atom is 0.374 e. The van der Waals surface area contributed by atoms with Crippen LogP contribution in [0.3, 0.4) is 0 Å². The van der Waals surface area contributed by atoms with Crippen molar-refractivity contribution in [1.29, 1.82) is 0 Å². The molecule has 0 amide bonds. The summed E-state index contributed by atoms with van der Waals surface area (Å²) >= 11 is 1.50. The molecule has 0 saturated carbocycles. The van der Waals surface area contributed by atoms with Crippen LogP contribution in [0.1, 0.15) is 31.1 Å². The molecule has 3 nitrogen and oxygen atoms in total. The van der Waals surface area contributed by atoms with Gasteiger partial charge in [-0.05, 0) is 39.2 Å². The van der Waals surface area contributed by atoms with Crippen molar-refractivity contribution in [2.24, 2.45) is 0 Å². The van der Waals surface area contributed by atoms with Gasteiger partial charge in [0.15, 0.2) is 0 Å². The minimum atomic E-state index is -0.496. The van der Waals surface area contributed by atoms with Gasteiger partial charge < -0.3 is 0 Å². The summed E-state index contributed by atoms with van der Waals surface area (Å²) in [5.41, 5.74) is 0.0310. The average Bonchev–Trinajstić information content (AvgIpc) is 2.25. The van der Waals surface area contributed by atoms with E-state index < -0.39 is 11.6 Å². The molecule has 0 aromatic heterocycles. The molecule has 4 heteroatoms. The standard InChI is InChI=1S/C12H16O3S/c1-12(2,3)15-14-11(13)9-7-5-6-8-10(9)16-4/h5-8H,1-4H3. The highest BCUT2D eigenvalue weighted by atomic mass is 32.2. The molecule has 0 atom stereocenters. The van der Waals surface area contributed by atoms with Crippen molar-refractivity contribution < 1.29 is 14.6 Å². The monoisotopic (exact) mass is 240 g/mol. The van der Waals surface area contributed by atoms with Gasteiger partial charge in [-0.2, -0.15) is 4.89 Å². The summed E-state index contributed by atoms with van der Waals surface area (Å²) < 4.78 is 0. The fourth-order valence-electron chi connectivity index (χ4n) is 1.02. The molecule has 0 saturated heterocycles. The Labute approximate surface area is 100 Å². The van der Waals surface area contributed by atoms with Crippen LogP contribution in [0.4, 0.5) is 0 Å². The SMILES string of the molecule is CSc1ccccc1C(=O)OOC(C)(C)C. The summed E-state index contributed by atoms with van der Waals surface area (Å²) in [7, 11) is 0. The average molecular weight is 240 g/mol. The molecule has 0 N–H and O–H groups in total. The van der Waals surface area contributed by atoms with Crippen LogP contribution in [0.2, 0.25) is 0 Å². The summed E-state index contributed by atoms with van der Waals surface area (Å²) in [6.07, 6.45) is 1.91. The second-order valence-electron chi connectivity index (χ2n) is 4.27. The zero-order chi connectivity index (χ0) is 12.2. The summed E-state index contributed by atoms with van der Waals surface area (Å²) in [4.78, 5) is 22.4. The Kier molecular flexibility index (Phi) is 4.38. The van der Waals surface area contributed by atoms with Crippen molar-refractivity contribution in [2.45, 2.75) is 31.3 Å². The first-order chi connectivity index (χ1) is 7.44. The minimum absolute atomic E-state index is 0.458. The quantitative estimate of drug-likeness (QED) is 0.461. The van der Waals surface area contributed by atoms with Crippen LogP contribution in [0.5, 0.6) is 0 Å². The van der Waals surface area contributed by atoms with E-state index in [2.05, 4.69) is 0 Å². The first-order valence-electron chi connectivity index (χ1n) is 4.97. The van der Waals surface area contributed by atoms with Gasteiger partial charge in [0.1, 0.15) is 5.60 Å². The highest BCUT2D eigenvalue weighted by Crippen LogP contribution is 2.21. The molecule has 88 valence electrons. The molecular weight excluding hydrogens is 224 g/mol. The molecule has 0 fully saturated rings. The second kappa shape index (κ2) is 5.37. The summed E-state index contributed by atoms with van der Waals surface area (Å²) in [5, 5.41) is 0. The van der Waals surface area contributed by atoms with Crippen LogP contribution in [-0.4, -0.2) is 17.8 Å². The molecule has 16 heavy (non-hydrogen) atoms. The molecular formula is C12H16O3S. The van der Waals surface area contributed by atoms with Crippen molar-refractivity contribution in [3.8, 4) is 0 Å². The highest BCUT2D eigenvalue weighted by Gasteiger charge is 2.18. The van der Waals surface area contributed by atoms with E-state index >= 15 is 0 Å². The van der Waals surface area contributed by atoms with Crippen molar-refractivity contribution >= 4 is 17.7 Å². The molecule has 1 aromatic carbocycles. The molecule has 0 unspecified atom stereocenters. The van der Waals surface area contributed by atoms with Crippen molar-refractivity contribution in [3.05, 3.63) is 29.8 Å². The molecule has 0 spiro atoms. The van der Waals surface area contributed by atoms with Gasteiger partial charge in [0, 0.05) is 4.90 Å². The van der Waals surface area contributed by atoms with E-state index in [0.717, 1.165) is 4.90 Å². The molecule has 0 aliphatic carbocycles. The van der Waals surface area contributed by atoms with Crippen LogP contribution in [-0.2, 0) is 9.78 Å². The maximum atomic E-state index is 11.7. The van der Waals surface area contributed by atoms with Crippen LogP contribution >= 0.6 is 11.8 Å². The van der Waals surface area contributed by atoms with E-state index in [4.69, 9.17) is 9.78 Å². The molecule has 0 radical (unpaired) electrons. The topological polar surface area (TPSA) is 35.5 Å². The van der Waals surface area contributed by atoms with Gasteiger partial charge in [-0.25, -0.2) is 4.79 Å². The van der Waals surface area contributed by atoms with E-state index in [9.17, 15) is 4.79 Å².